The van der Waals surface area contributed by atoms with E-state index in [2.05, 4.69) is 0 Å². The quantitative estimate of drug-likeness (QED) is 0.0315. The van der Waals surface area contributed by atoms with Gasteiger partial charge in [-0.25, -0.2) is 0 Å². The van der Waals surface area contributed by atoms with Crippen LogP contribution in [0.5, 0.6) is 138 Å². The lowest BCUT2D eigenvalue weighted by Gasteiger charge is -2.22. The summed E-state index contributed by atoms with van der Waals surface area (Å²) in [7, 11) is 0. The Labute approximate surface area is 733 Å². The fourth-order valence-electron chi connectivity index (χ4n) is 14.1. The van der Waals surface area contributed by atoms with Gasteiger partial charge in [-0.15, -0.1) is 0 Å². The molecule has 0 aliphatic carbocycles. The van der Waals surface area contributed by atoms with E-state index < -0.39 is 98.6 Å². The van der Waals surface area contributed by atoms with Crippen LogP contribution in [0, 0.1) is 0 Å². The number of phenolic OH excluding ortho intramolecular Hbond substituents is 24. The molecule has 24 heteroatoms. The normalized spacial score (nSPS) is 10.5. The Morgan fingerprint density at radius 3 is 0.591 bits per heavy atom. The maximum absolute atomic E-state index is 10.3. The molecule has 0 saturated heterocycles. The molecule has 658 valence electrons. The fraction of sp³-hybridized carbons (Fsp3) is 0.126. The van der Waals surface area contributed by atoms with Crippen molar-refractivity contribution in [3.8, 4) is 149 Å². The first kappa shape index (κ1) is 96.0. The summed E-state index contributed by atoms with van der Waals surface area (Å²) in [6.45, 7) is 16.0. The molecule has 0 aliphatic heterocycles. The van der Waals surface area contributed by atoms with Crippen molar-refractivity contribution < 1.29 is 123 Å². The minimum Gasteiger partial charge on any atom is -0.504 e. The van der Waals surface area contributed by atoms with Crippen molar-refractivity contribution in [2.75, 3.05) is 0 Å². The molecule has 15 aromatic rings. The Hall–Kier alpha value is -16.5. The van der Waals surface area contributed by atoms with E-state index in [1.165, 1.54) is 109 Å². The summed E-state index contributed by atoms with van der Waals surface area (Å²) in [6.07, 6.45) is 0. The molecule has 0 aromatic heterocycles. The Balaban J connectivity index is 0.000000213. The van der Waals surface area contributed by atoms with E-state index in [0.717, 1.165) is 33.4 Å². The van der Waals surface area contributed by atoms with Crippen LogP contribution in [0.2, 0.25) is 0 Å². The number of benzene rings is 15. The number of rotatable bonds is 16. The van der Waals surface area contributed by atoms with Gasteiger partial charge in [0, 0.05) is 51.8 Å². The van der Waals surface area contributed by atoms with Crippen molar-refractivity contribution in [2.45, 2.75) is 85.0 Å². The van der Waals surface area contributed by atoms with Crippen molar-refractivity contribution in [1.29, 1.82) is 0 Å². The zero-order valence-electron chi connectivity index (χ0n) is 70.4. The van der Waals surface area contributed by atoms with Crippen LogP contribution in [-0.4, -0.2) is 123 Å². The second-order valence-corrected chi connectivity index (χ2v) is 27.6. The highest BCUT2D eigenvalue weighted by molar-refractivity contribution is 5.69. The molecule has 0 fully saturated rings. The molecule has 0 heterocycles. The number of phenols is 24. The zero-order valence-corrected chi connectivity index (χ0v) is 70.4. The van der Waals surface area contributed by atoms with Gasteiger partial charge in [-0.2, -0.15) is 0 Å². The third-order valence-electron chi connectivity index (χ3n) is 20.1. The van der Waals surface area contributed by atoms with Crippen LogP contribution in [0.1, 0.15) is 168 Å². The maximum atomic E-state index is 10.3. The standard InChI is InChI=1S/C38H30O8.2C19H16O6.C19H16O4.4C2H6/c39-29-13-9-25(17-33(29)43)37(26-10-14-30(40)34(44)18-26)23-5-1-21(2-6-23)22-3-7-24(8-4-22)38(27-11-15-31(41)35(45)19-27)28-12-16-32(42)36(46)20-28;20-13-6-11(7-14(21)18(13)24)17(10-4-2-1-3-5-10)12-8-15(22)19(25)16(23)9-12;20-13-8-6-11(16(22)18(13)24)15(10-4-2-1-3-5-10)12-7-9-14(21)19(25)17(12)23;20-15-10-4-8-13(18(15)22)17(12-6-2-1-3-7-12)14-9-5-11-16(21)19(14)23;4*1-2/h1-20,37-46H;1-9,17,20-25H;1-9,15,20-25H;1-11,17,20-23H;4*1-2H3. The lowest BCUT2D eigenvalue weighted by atomic mass is 9.83. The third-order valence-corrected chi connectivity index (χ3v) is 20.1. The van der Waals surface area contributed by atoms with E-state index in [1.807, 2.05) is 140 Å². The highest BCUT2D eigenvalue weighted by Gasteiger charge is 2.31. The molecule has 0 saturated carbocycles. The smallest absolute Gasteiger partial charge is 0.200 e. The van der Waals surface area contributed by atoms with Crippen LogP contribution >= 0.6 is 0 Å². The SMILES string of the molecule is CC.CC.CC.CC.Oc1cc(C(c2ccccc2)c2cc(O)c(O)c(O)c2)cc(O)c1O.Oc1ccc(C(c2ccc(-c3ccc(C(c4ccc(O)c(O)c4)c4ccc(O)c(O)c4)cc3)cc2)c2ccc(O)c(O)c2)cc1O.Oc1ccc(C(c2ccccc2)c2ccc(O)c(O)c2O)c(O)c1O.Oc1cccc(C(c2ccccc2)c2cccc(O)c2O)c1O. The Morgan fingerprint density at radius 2 is 0.331 bits per heavy atom. The average molecular weight is 1720 g/mol. The predicted octanol–water partition coefficient (Wildman–Crippen LogP) is 21.4. The van der Waals surface area contributed by atoms with E-state index in [9.17, 15) is 123 Å². The Bertz CT molecular complexity index is 5680. The molecule has 24 nitrogen and oxygen atoms in total. The van der Waals surface area contributed by atoms with Gasteiger partial charge < -0.3 is 123 Å². The Kier molecular flexibility index (Phi) is 33.5. The molecule has 0 unspecified atom stereocenters. The minimum atomic E-state index is -0.765. The summed E-state index contributed by atoms with van der Waals surface area (Å²) in [5, 5.41) is 238. The number of para-hydroxylation sites is 2. The van der Waals surface area contributed by atoms with Crippen LogP contribution < -0.4 is 0 Å². The van der Waals surface area contributed by atoms with Crippen LogP contribution in [0.3, 0.4) is 0 Å². The average Bonchev–Trinajstić information content (AvgIpc) is 0.781. The van der Waals surface area contributed by atoms with Gasteiger partial charge >= 0.3 is 0 Å². The molecular formula is C103H102O24. The van der Waals surface area contributed by atoms with Gasteiger partial charge in [0.2, 0.25) is 11.5 Å². The fourth-order valence-corrected chi connectivity index (χ4v) is 14.1. The maximum Gasteiger partial charge on any atom is 0.200 e. The molecule has 0 radical (unpaired) electrons. The van der Waals surface area contributed by atoms with Gasteiger partial charge in [0.15, 0.2) is 126 Å². The number of aromatic hydroxyl groups is 24. The van der Waals surface area contributed by atoms with E-state index in [1.54, 1.807) is 103 Å². The van der Waals surface area contributed by atoms with Crippen LogP contribution in [0.15, 0.2) is 297 Å². The molecule has 0 amide bonds. The predicted molar refractivity (Wildman–Crippen MR) is 486 cm³/mol. The first-order chi connectivity index (χ1) is 61.0. The number of hydrogen-bond donors (Lipinski definition) is 24. The molecule has 0 aliphatic rings. The second-order valence-electron chi connectivity index (χ2n) is 27.6. The molecule has 0 atom stereocenters. The van der Waals surface area contributed by atoms with Crippen LogP contribution in [-0.2, 0) is 0 Å². The van der Waals surface area contributed by atoms with Crippen LogP contribution in [0.4, 0.5) is 0 Å². The van der Waals surface area contributed by atoms with E-state index in [0.29, 0.717) is 50.1 Å². The van der Waals surface area contributed by atoms with Gasteiger partial charge in [0.1, 0.15) is 0 Å². The topological polar surface area (TPSA) is 486 Å². The van der Waals surface area contributed by atoms with Crippen molar-refractivity contribution in [1.82, 2.24) is 0 Å². The molecule has 0 spiro atoms. The largest absolute Gasteiger partial charge is 0.504 e. The van der Waals surface area contributed by atoms with Crippen molar-refractivity contribution in [3.05, 3.63) is 381 Å². The van der Waals surface area contributed by atoms with Crippen molar-refractivity contribution >= 4 is 0 Å². The first-order valence-corrected chi connectivity index (χ1v) is 40.4. The van der Waals surface area contributed by atoms with Gasteiger partial charge in [0.05, 0.1) is 0 Å². The van der Waals surface area contributed by atoms with E-state index >= 15 is 0 Å². The molecule has 127 heavy (non-hydrogen) atoms. The van der Waals surface area contributed by atoms with Gasteiger partial charge in [-0.05, 0) is 169 Å². The monoisotopic (exact) mass is 1720 g/mol. The molecule has 24 N–H and O–H groups in total. The van der Waals surface area contributed by atoms with E-state index in [-0.39, 0.29) is 80.1 Å². The number of hydrogen-bond acceptors (Lipinski definition) is 24. The summed E-state index contributed by atoms with van der Waals surface area (Å²) < 4.78 is 0. The summed E-state index contributed by atoms with van der Waals surface area (Å²) in [5.74, 6) is -12.4. The molecular weight excluding hydrogens is 1620 g/mol. The van der Waals surface area contributed by atoms with Gasteiger partial charge in [-0.3, -0.25) is 0 Å². The van der Waals surface area contributed by atoms with Crippen LogP contribution in [0.25, 0.3) is 11.1 Å². The summed E-state index contributed by atoms with van der Waals surface area (Å²) >= 11 is 0. The minimum absolute atomic E-state index is 0.210. The van der Waals surface area contributed by atoms with Gasteiger partial charge in [0.25, 0.3) is 0 Å². The molecule has 15 rings (SSSR count). The lowest BCUT2D eigenvalue weighted by molar-refractivity contribution is 0.360. The summed E-state index contributed by atoms with van der Waals surface area (Å²) in [5.41, 5.74) is 10.6. The first-order valence-electron chi connectivity index (χ1n) is 40.4. The highest BCUT2D eigenvalue weighted by Crippen LogP contribution is 2.52. The highest BCUT2D eigenvalue weighted by atomic mass is 16.4. The zero-order chi connectivity index (χ0) is 93.2. The second kappa shape index (κ2) is 44.3. The lowest BCUT2D eigenvalue weighted by Crippen LogP contribution is -2.04. The molecule has 0 bridgehead atoms. The third kappa shape index (κ3) is 22.4. The van der Waals surface area contributed by atoms with Crippen molar-refractivity contribution in [2.24, 2.45) is 0 Å². The summed E-state index contributed by atoms with van der Waals surface area (Å²) in [6, 6.07) is 80.6. The molecule has 15 aromatic carbocycles. The van der Waals surface area contributed by atoms with Crippen molar-refractivity contribution in [3.63, 3.8) is 0 Å². The van der Waals surface area contributed by atoms with E-state index in [4.69, 9.17) is 0 Å². The Morgan fingerprint density at radius 1 is 0.126 bits per heavy atom. The van der Waals surface area contributed by atoms with Gasteiger partial charge in [-0.1, -0.05) is 256 Å². The summed E-state index contributed by atoms with van der Waals surface area (Å²) in [4.78, 5) is 0.